The van der Waals surface area contributed by atoms with Crippen LogP contribution in [-0.2, 0) is 18.6 Å². The van der Waals surface area contributed by atoms with Crippen molar-refractivity contribution in [3.63, 3.8) is 0 Å². The van der Waals surface area contributed by atoms with Crippen molar-refractivity contribution in [2.75, 3.05) is 5.32 Å². The molecule has 0 amide bonds. The molecule has 0 bridgehead atoms. The minimum Gasteiger partial charge on any atom is -0.489 e. The number of ether oxygens (including phenoxy) is 1. The van der Waals surface area contributed by atoms with Crippen LogP contribution in [0.3, 0.4) is 0 Å². The lowest BCUT2D eigenvalue weighted by atomic mass is 9.89. The van der Waals surface area contributed by atoms with Gasteiger partial charge in [-0.2, -0.15) is 5.10 Å². The highest BCUT2D eigenvalue weighted by molar-refractivity contribution is 5.47. The van der Waals surface area contributed by atoms with E-state index in [0.717, 1.165) is 28.3 Å². The number of aromatic nitrogens is 2. The molecule has 3 aromatic rings. The summed E-state index contributed by atoms with van der Waals surface area (Å²) in [6.07, 6.45) is 1.94. The molecule has 1 heterocycles. The van der Waals surface area contributed by atoms with Gasteiger partial charge in [0.1, 0.15) is 18.2 Å². The van der Waals surface area contributed by atoms with Crippen molar-refractivity contribution in [3.8, 4) is 5.75 Å². The summed E-state index contributed by atoms with van der Waals surface area (Å²) in [4.78, 5) is 0. The van der Waals surface area contributed by atoms with Gasteiger partial charge in [-0.05, 0) is 42.0 Å². The molecule has 0 aliphatic rings. The third kappa shape index (κ3) is 4.63. The van der Waals surface area contributed by atoms with E-state index in [4.69, 9.17) is 4.74 Å². The van der Waals surface area contributed by atoms with Gasteiger partial charge in [-0.1, -0.05) is 32.9 Å². The first kappa shape index (κ1) is 18.0. The van der Waals surface area contributed by atoms with Gasteiger partial charge in [0.05, 0.1) is 5.69 Å². The molecule has 0 saturated heterocycles. The van der Waals surface area contributed by atoms with E-state index in [-0.39, 0.29) is 11.2 Å². The van der Waals surface area contributed by atoms with Crippen molar-refractivity contribution in [2.24, 2.45) is 0 Å². The molecule has 0 aliphatic carbocycles. The Labute approximate surface area is 153 Å². The van der Waals surface area contributed by atoms with Gasteiger partial charge in [-0.15, -0.1) is 0 Å². The lowest BCUT2D eigenvalue weighted by molar-refractivity contribution is 0.306. The Balaban J connectivity index is 1.55. The molecule has 0 saturated carbocycles. The maximum Gasteiger partial charge on any atom is 0.123 e. The average molecular weight is 353 g/mol. The Morgan fingerprint density at radius 2 is 1.73 bits per heavy atom. The van der Waals surface area contributed by atoms with Gasteiger partial charge in [-0.3, -0.25) is 5.10 Å². The molecule has 3 rings (SSSR count). The first-order valence-electron chi connectivity index (χ1n) is 8.66. The number of anilines is 1. The predicted molar refractivity (Wildman–Crippen MR) is 102 cm³/mol. The largest absolute Gasteiger partial charge is 0.489 e. The van der Waals surface area contributed by atoms with Gasteiger partial charge in [0.15, 0.2) is 0 Å². The van der Waals surface area contributed by atoms with Crippen molar-refractivity contribution in [3.05, 3.63) is 77.4 Å². The monoisotopic (exact) mass is 353 g/mol. The molecule has 26 heavy (non-hydrogen) atoms. The van der Waals surface area contributed by atoms with Crippen LogP contribution in [0.4, 0.5) is 10.1 Å². The Morgan fingerprint density at radius 3 is 2.38 bits per heavy atom. The molecule has 0 aliphatic heterocycles. The van der Waals surface area contributed by atoms with Gasteiger partial charge in [-0.25, -0.2) is 4.39 Å². The van der Waals surface area contributed by atoms with E-state index in [9.17, 15) is 4.39 Å². The van der Waals surface area contributed by atoms with Crippen molar-refractivity contribution in [2.45, 2.75) is 39.3 Å². The first-order chi connectivity index (χ1) is 12.4. The number of aromatic amines is 1. The molecule has 2 aromatic carbocycles. The van der Waals surface area contributed by atoms with Crippen molar-refractivity contribution < 1.29 is 9.13 Å². The van der Waals surface area contributed by atoms with Crippen LogP contribution in [0.25, 0.3) is 0 Å². The highest BCUT2D eigenvalue weighted by Crippen LogP contribution is 2.24. The minimum absolute atomic E-state index is 0.00899. The van der Waals surface area contributed by atoms with Crippen molar-refractivity contribution in [1.82, 2.24) is 10.2 Å². The third-order valence-electron chi connectivity index (χ3n) is 4.09. The summed E-state index contributed by atoms with van der Waals surface area (Å²) in [6.45, 7) is 7.58. The second-order valence-electron chi connectivity index (χ2n) is 7.30. The summed E-state index contributed by atoms with van der Waals surface area (Å²) in [5.74, 6) is 0.537. The summed E-state index contributed by atoms with van der Waals surface area (Å²) >= 11 is 0. The fourth-order valence-electron chi connectivity index (χ4n) is 2.71. The Kier molecular flexibility index (Phi) is 5.26. The van der Waals surface area contributed by atoms with Crippen molar-refractivity contribution >= 4 is 5.69 Å². The standard InChI is InChI=1S/C21H24FN3O/c1-21(2,3)20-16(13-24-25-20)12-23-18-8-10-19(11-9-18)26-14-15-4-6-17(22)7-5-15/h4-11,13,23H,12,14H2,1-3H3,(H,24,25). The third-order valence-corrected chi connectivity index (χ3v) is 4.09. The quantitative estimate of drug-likeness (QED) is 0.653. The number of halogens is 1. The SMILES string of the molecule is CC(C)(C)c1n[nH]cc1CNc1ccc(OCc2ccc(F)cc2)cc1. The van der Waals surface area contributed by atoms with Gasteiger partial charge in [0.25, 0.3) is 0 Å². The van der Waals surface area contributed by atoms with E-state index in [1.54, 1.807) is 12.1 Å². The fourth-order valence-corrected chi connectivity index (χ4v) is 2.71. The number of nitrogens with one attached hydrogen (secondary N) is 2. The highest BCUT2D eigenvalue weighted by Gasteiger charge is 2.20. The molecule has 4 nitrogen and oxygen atoms in total. The van der Waals surface area contributed by atoms with Gasteiger partial charge < -0.3 is 10.1 Å². The number of benzene rings is 2. The topological polar surface area (TPSA) is 49.9 Å². The van der Waals surface area contributed by atoms with Crippen LogP contribution >= 0.6 is 0 Å². The summed E-state index contributed by atoms with van der Waals surface area (Å²) in [7, 11) is 0. The maximum atomic E-state index is 12.9. The molecule has 2 N–H and O–H groups in total. The van der Waals surface area contributed by atoms with Gasteiger partial charge in [0, 0.05) is 29.4 Å². The second kappa shape index (κ2) is 7.60. The van der Waals surface area contributed by atoms with Crippen LogP contribution < -0.4 is 10.1 Å². The van der Waals surface area contributed by atoms with Crippen LogP contribution in [0.5, 0.6) is 5.75 Å². The zero-order valence-corrected chi connectivity index (χ0v) is 15.3. The minimum atomic E-state index is -0.239. The van der Waals surface area contributed by atoms with E-state index < -0.39 is 0 Å². The molecule has 0 fully saturated rings. The number of nitrogens with zero attached hydrogens (tertiary/aromatic N) is 1. The van der Waals surface area contributed by atoms with E-state index in [2.05, 4.69) is 36.3 Å². The zero-order valence-electron chi connectivity index (χ0n) is 15.3. The molecule has 0 unspecified atom stereocenters. The zero-order chi connectivity index (χ0) is 18.6. The molecule has 0 radical (unpaired) electrons. The van der Waals surface area contributed by atoms with Crippen molar-refractivity contribution in [1.29, 1.82) is 0 Å². The molecule has 1 aromatic heterocycles. The van der Waals surface area contributed by atoms with E-state index in [1.807, 2.05) is 30.5 Å². The molecular weight excluding hydrogens is 329 g/mol. The normalized spacial score (nSPS) is 11.4. The number of rotatable bonds is 6. The first-order valence-corrected chi connectivity index (χ1v) is 8.66. The lowest BCUT2D eigenvalue weighted by Crippen LogP contribution is -2.15. The molecule has 136 valence electrons. The highest BCUT2D eigenvalue weighted by atomic mass is 19.1. The Morgan fingerprint density at radius 1 is 1.04 bits per heavy atom. The van der Waals surface area contributed by atoms with Crippen LogP contribution in [0.15, 0.2) is 54.7 Å². The predicted octanol–water partition coefficient (Wildman–Crippen LogP) is 5.04. The van der Waals surface area contributed by atoms with Gasteiger partial charge >= 0.3 is 0 Å². The van der Waals surface area contributed by atoms with Gasteiger partial charge in [0.2, 0.25) is 0 Å². The van der Waals surface area contributed by atoms with Crippen LogP contribution in [0.1, 0.15) is 37.6 Å². The number of H-pyrrole nitrogens is 1. The number of hydrogen-bond acceptors (Lipinski definition) is 3. The average Bonchev–Trinajstić information content (AvgIpc) is 3.09. The Bertz CT molecular complexity index is 833. The van der Waals surface area contributed by atoms with Crippen LogP contribution in [-0.4, -0.2) is 10.2 Å². The van der Waals surface area contributed by atoms with E-state index >= 15 is 0 Å². The Hall–Kier alpha value is -2.82. The maximum absolute atomic E-state index is 12.9. The smallest absolute Gasteiger partial charge is 0.123 e. The molecule has 0 spiro atoms. The number of hydrogen-bond donors (Lipinski definition) is 2. The fraction of sp³-hybridized carbons (Fsp3) is 0.286. The van der Waals surface area contributed by atoms with Crippen LogP contribution in [0, 0.1) is 5.82 Å². The van der Waals surface area contributed by atoms with E-state index in [0.29, 0.717) is 13.2 Å². The summed E-state index contributed by atoms with van der Waals surface area (Å²) in [6, 6.07) is 14.1. The molecule has 5 heteroatoms. The summed E-state index contributed by atoms with van der Waals surface area (Å²) in [5.41, 5.74) is 4.19. The van der Waals surface area contributed by atoms with E-state index in [1.165, 1.54) is 12.1 Å². The lowest BCUT2D eigenvalue weighted by Gasteiger charge is -2.18. The molecule has 0 atom stereocenters. The molecular formula is C21H24FN3O. The van der Waals surface area contributed by atoms with Crippen LogP contribution in [0.2, 0.25) is 0 Å². The summed E-state index contributed by atoms with van der Waals surface area (Å²) < 4.78 is 18.6. The summed E-state index contributed by atoms with van der Waals surface area (Å²) in [5, 5.41) is 10.7. The second-order valence-corrected chi connectivity index (χ2v) is 7.30.